The van der Waals surface area contributed by atoms with Gasteiger partial charge in [-0.3, -0.25) is 9.59 Å². The fourth-order valence-electron chi connectivity index (χ4n) is 0.714. The van der Waals surface area contributed by atoms with Gasteiger partial charge in [0.25, 0.3) is 0 Å². The molecule has 0 radical (unpaired) electrons. The number of hydrogen-bond acceptors (Lipinski definition) is 4. The van der Waals surface area contributed by atoms with Crippen molar-refractivity contribution in [3.63, 3.8) is 0 Å². The molecule has 0 aromatic carbocycles. The van der Waals surface area contributed by atoms with Crippen LogP contribution < -0.4 is 51.4 Å². The number of carboxylic acid groups (broad SMARTS) is 3. The van der Waals surface area contributed by atoms with Crippen molar-refractivity contribution < 1.29 is 93.1 Å². The molecule has 0 aromatic rings. The monoisotopic (exact) mass is 250 g/mol. The molecule has 0 heterocycles. The van der Waals surface area contributed by atoms with Crippen LogP contribution in [-0.2, 0) is 14.4 Å². The Morgan fingerprint density at radius 2 is 1.27 bits per heavy atom. The van der Waals surface area contributed by atoms with Gasteiger partial charge in [-0.15, -0.1) is 0 Å². The molecule has 15 heavy (non-hydrogen) atoms. The van der Waals surface area contributed by atoms with E-state index in [4.69, 9.17) is 20.4 Å². The van der Waals surface area contributed by atoms with Crippen LogP contribution in [0.15, 0.2) is 0 Å². The molecule has 0 saturated heterocycles. The number of carbonyl (C=O) groups is 3. The van der Waals surface area contributed by atoms with E-state index in [9.17, 15) is 14.4 Å². The zero-order chi connectivity index (χ0) is 10.6. The molecule has 0 bridgehead atoms. The summed E-state index contributed by atoms with van der Waals surface area (Å²) in [6.07, 6.45) is -2.29. The number of rotatable bonds is 5. The normalized spacial score (nSPS) is 9.40. The standard InChI is InChI=1S/C6H8O7.K.H2O.H/c7-3(8)1-6(13,5(11)12)2-4(9)10;;;/h13H,1-2H2,(H,7,8)(H,9,10)(H,11,12);;1H2;/q;+1;;-1. The Balaban J connectivity index is -0.000000240. The minimum Gasteiger partial charge on any atom is -1.00 e. The van der Waals surface area contributed by atoms with Crippen molar-refractivity contribution >= 4 is 17.9 Å². The van der Waals surface area contributed by atoms with Crippen molar-refractivity contribution in [2.24, 2.45) is 0 Å². The minimum absolute atomic E-state index is 0. The van der Waals surface area contributed by atoms with Crippen LogP contribution in [0.1, 0.15) is 14.3 Å². The molecule has 0 aliphatic rings. The van der Waals surface area contributed by atoms with E-state index in [0.717, 1.165) is 0 Å². The van der Waals surface area contributed by atoms with Crippen molar-refractivity contribution in [2.45, 2.75) is 18.4 Å². The quantitative estimate of drug-likeness (QED) is 0.355. The van der Waals surface area contributed by atoms with E-state index in [2.05, 4.69) is 0 Å². The van der Waals surface area contributed by atoms with Crippen molar-refractivity contribution in [1.82, 2.24) is 0 Å². The molecule has 84 valence electrons. The van der Waals surface area contributed by atoms with E-state index in [0.29, 0.717) is 0 Å². The van der Waals surface area contributed by atoms with Crippen LogP contribution >= 0.6 is 0 Å². The van der Waals surface area contributed by atoms with E-state index in [1.54, 1.807) is 0 Å². The van der Waals surface area contributed by atoms with Gasteiger partial charge in [-0.1, -0.05) is 0 Å². The second-order valence-electron chi connectivity index (χ2n) is 2.48. The third kappa shape index (κ3) is 7.85. The zero-order valence-corrected chi connectivity index (χ0v) is 11.1. The Labute approximate surface area is 128 Å². The molecule has 0 amide bonds. The first-order chi connectivity index (χ1) is 5.78. The van der Waals surface area contributed by atoms with Gasteiger partial charge in [-0.2, -0.15) is 0 Å². The third-order valence-corrected chi connectivity index (χ3v) is 1.29. The predicted octanol–water partition coefficient (Wildman–Crippen LogP) is -4.96. The summed E-state index contributed by atoms with van der Waals surface area (Å²) in [5.41, 5.74) is -2.74. The second kappa shape index (κ2) is 8.16. The van der Waals surface area contributed by atoms with Gasteiger partial charge in [0.05, 0.1) is 12.8 Å². The molecule has 0 aromatic heterocycles. The molecule has 6 N–H and O–H groups in total. The summed E-state index contributed by atoms with van der Waals surface area (Å²) in [5, 5.41) is 33.8. The largest absolute Gasteiger partial charge is 1.00 e. The van der Waals surface area contributed by atoms with Crippen LogP contribution in [0.4, 0.5) is 0 Å². The molecular formula is C6H11KO8. The molecule has 0 saturated carbocycles. The van der Waals surface area contributed by atoms with Gasteiger partial charge in [-0.25, -0.2) is 4.79 Å². The van der Waals surface area contributed by atoms with E-state index in [-0.39, 0.29) is 58.3 Å². The van der Waals surface area contributed by atoms with Gasteiger partial charge in [0.1, 0.15) is 0 Å². The Kier molecular flexibility index (Phi) is 11.1. The second-order valence-corrected chi connectivity index (χ2v) is 2.48. The predicted molar refractivity (Wildman–Crippen MR) is 41.8 cm³/mol. The first-order valence-corrected chi connectivity index (χ1v) is 3.17. The van der Waals surface area contributed by atoms with Crippen LogP contribution in [0.2, 0.25) is 0 Å². The molecule has 9 heteroatoms. The fourth-order valence-corrected chi connectivity index (χ4v) is 0.714. The number of hydrogen-bond donors (Lipinski definition) is 4. The number of carboxylic acids is 3. The average Bonchev–Trinajstić information content (AvgIpc) is 1.82. The smallest absolute Gasteiger partial charge is 1.00 e. The Bertz CT molecular complexity index is 239. The van der Waals surface area contributed by atoms with Crippen LogP contribution in [0, 0.1) is 0 Å². The van der Waals surface area contributed by atoms with Gasteiger partial charge in [0.15, 0.2) is 5.60 Å². The SMILES string of the molecule is O.O=C(O)CC(O)(CC(=O)O)C(=O)O.[H-].[K+]. The Hall–Kier alpha value is -0.0336. The van der Waals surface area contributed by atoms with E-state index >= 15 is 0 Å². The van der Waals surface area contributed by atoms with Crippen LogP contribution in [-0.4, -0.2) is 49.4 Å². The fraction of sp³-hybridized carbons (Fsp3) is 0.500. The Morgan fingerprint density at radius 1 is 1.00 bits per heavy atom. The van der Waals surface area contributed by atoms with Crippen molar-refractivity contribution in [1.29, 1.82) is 0 Å². The summed E-state index contributed by atoms with van der Waals surface area (Å²) in [7, 11) is 0. The van der Waals surface area contributed by atoms with Crippen molar-refractivity contribution in [2.75, 3.05) is 0 Å². The maximum absolute atomic E-state index is 10.3. The van der Waals surface area contributed by atoms with E-state index in [1.165, 1.54) is 0 Å². The molecule has 0 fully saturated rings. The van der Waals surface area contributed by atoms with Crippen LogP contribution in [0.5, 0.6) is 0 Å². The number of aliphatic hydroxyl groups is 1. The first-order valence-electron chi connectivity index (χ1n) is 3.17. The molecule has 8 nitrogen and oxygen atoms in total. The summed E-state index contributed by atoms with van der Waals surface area (Å²) in [5.74, 6) is -5.02. The molecule has 0 aliphatic heterocycles. The summed E-state index contributed by atoms with van der Waals surface area (Å²) >= 11 is 0. The van der Waals surface area contributed by atoms with Gasteiger partial charge < -0.3 is 27.3 Å². The summed E-state index contributed by atoms with van der Waals surface area (Å²) < 4.78 is 0. The van der Waals surface area contributed by atoms with E-state index < -0.39 is 36.4 Å². The van der Waals surface area contributed by atoms with Gasteiger partial charge >= 0.3 is 69.3 Å². The summed E-state index contributed by atoms with van der Waals surface area (Å²) in [4.78, 5) is 30.5. The Morgan fingerprint density at radius 3 is 1.40 bits per heavy atom. The molecule has 0 unspecified atom stereocenters. The summed E-state index contributed by atoms with van der Waals surface area (Å²) in [6.45, 7) is 0. The third-order valence-electron chi connectivity index (χ3n) is 1.29. The molecule has 0 rings (SSSR count). The molecule has 0 spiro atoms. The average molecular weight is 250 g/mol. The van der Waals surface area contributed by atoms with E-state index in [1.807, 2.05) is 0 Å². The van der Waals surface area contributed by atoms with Gasteiger partial charge in [-0.05, 0) is 0 Å². The topological polar surface area (TPSA) is 164 Å². The van der Waals surface area contributed by atoms with Crippen molar-refractivity contribution in [3.05, 3.63) is 0 Å². The van der Waals surface area contributed by atoms with Crippen LogP contribution in [0.3, 0.4) is 0 Å². The molecule has 0 aliphatic carbocycles. The maximum atomic E-state index is 10.3. The first kappa shape index (κ1) is 20.4. The van der Waals surface area contributed by atoms with Crippen LogP contribution in [0.25, 0.3) is 0 Å². The zero-order valence-electron chi connectivity index (χ0n) is 8.93. The minimum atomic E-state index is -2.74. The summed E-state index contributed by atoms with van der Waals surface area (Å²) in [6, 6.07) is 0. The maximum Gasteiger partial charge on any atom is 1.00 e. The van der Waals surface area contributed by atoms with Gasteiger partial charge in [0.2, 0.25) is 0 Å². The molecule has 0 atom stereocenters. The number of aliphatic carboxylic acids is 3. The van der Waals surface area contributed by atoms with Crippen molar-refractivity contribution in [3.8, 4) is 0 Å². The van der Waals surface area contributed by atoms with Gasteiger partial charge in [0, 0.05) is 0 Å². The molecular weight excluding hydrogens is 239 g/mol.